The number of fused-ring (bicyclic) bond motifs is 5. The van der Waals surface area contributed by atoms with Crippen LogP contribution in [0.15, 0.2) is 37.1 Å². The van der Waals surface area contributed by atoms with Gasteiger partial charge in [0.25, 0.3) is 5.91 Å². The number of amides is 2. The van der Waals surface area contributed by atoms with Crippen molar-refractivity contribution in [1.82, 2.24) is 25.2 Å². The number of hydrogen-bond donors (Lipinski definition) is 3. The number of benzene rings is 1. The van der Waals surface area contributed by atoms with Gasteiger partial charge in [0.1, 0.15) is 12.4 Å². The van der Waals surface area contributed by atoms with Gasteiger partial charge in [-0.1, -0.05) is 6.58 Å². The molecular formula is C26H28N6O3. The van der Waals surface area contributed by atoms with E-state index in [0.717, 1.165) is 65.1 Å². The van der Waals surface area contributed by atoms with Crippen molar-refractivity contribution >= 4 is 17.5 Å². The fraction of sp³-hybridized carbons (Fsp3) is 0.308. The molecule has 0 saturated heterocycles. The molecule has 3 N–H and O–H groups in total. The molecule has 0 atom stereocenters. The molecule has 2 aliphatic rings. The first-order chi connectivity index (χ1) is 16.9. The van der Waals surface area contributed by atoms with Crippen LogP contribution in [0.2, 0.25) is 0 Å². The highest BCUT2D eigenvalue weighted by atomic mass is 16.5. The Balaban J connectivity index is 1.51. The van der Waals surface area contributed by atoms with Crippen LogP contribution in [-0.4, -0.2) is 65.5 Å². The quantitative estimate of drug-likeness (QED) is 0.456. The number of aromatic nitrogens is 3. The van der Waals surface area contributed by atoms with Crippen molar-refractivity contribution in [2.75, 3.05) is 39.1 Å². The Kier molecular flexibility index (Phi) is 6.08. The molecule has 3 aromatic rings. The third-order valence-corrected chi connectivity index (χ3v) is 6.29. The third kappa shape index (κ3) is 4.42. The van der Waals surface area contributed by atoms with Gasteiger partial charge >= 0.3 is 0 Å². The number of nitrogens with one attached hydrogen (secondary N) is 3. The first kappa shape index (κ1) is 22.8. The van der Waals surface area contributed by atoms with Crippen molar-refractivity contribution in [1.29, 1.82) is 0 Å². The summed E-state index contributed by atoms with van der Waals surface area (Å²) in [5, 5.41) is 5.76. The van der Waals surface area contributed by atoms with Gasteiger partial charge in [-0.3, -0.25) is 9.59 Å². The van der Waals surface area contributed by atoms with Crippen LogP contribution in [0.1, 0.15) is 27.2 Å². The van der Waals surface area contributed by atoms with E-state index in [2.05, 4.69) is 27.2 Å². The largest absolute Gasteiger partial charge is 0.490 e. The molecule has 0 saturated carbocycles. The first-order valence-electron chi connectivity index (χ1n) is 11.7. The predicted octanol–water partition coefficient (Wildman–Crippen LogP) is 2.59. The molecule has 9 nitrogen and oxygen atoms in total. The van der Waals surface area contributed by atoms with Gasteiger partial charge in [-0.15, -0.1) is 0 Å². The van der Waals surface area contributed by atoms with Gasteiger partial charge in [-0.25, -0.2) is 9.97 Å². The van der Waals surface area contributed by atoms with E-state index in [9.17, 15) is 9.59 Å². The summed E-state index contributed by atoms with van der Waals surface area (Å²) < 4.78 is 5.90. The molecule has 0 radical (unpaired) electrons. The van der Waals surface area contributed by atoms with Crippen LogP contribution in [0.4, 0.5) is 5.69 Å². The summed E-state index contributed by atoms with van der Waals surface area (Å²) in [4.78, 5) is 39.5. The van der Waals surface area contributed by atoms with Gasteiger partial charge in [0.2, 0.25) is 5.91 Å². The highest BCUT2D eigenvalue weighted by Crippen LogP contribution is 2.37. The average Bonchev–Trinajstić information content (AvgIpc) is 3.24. The maximum absolute atomic E-state index is 12.5. The summed E-state index contributed by atoms with van der Waals surface area (Å²) >= 11 is 0. The van der Waals surface area contributed by atoms with Crippen LogP contribution in [-0.2, 0) is 24.1 Å². The Morgan fingerprint density at radius 1 is 1.29 bits per heavy atom. The predicted molar refractivity (Wildman–Crippen MR) is 134 cm³/mol. The van der Waals surface area contributed by atoms with E-state index in [4.69, 9.17) is 9.72 Å². The molecule has 180 valence electrons. The minimum atomic E-state index is -0.328. The molecule has 9 heteroatoms. The maximum Gasteiger partial charge on any atom is 0.253 e. The topological polar surface area (TPSA) is 112 Å². The molecule has 5 rings (SSSR count). The lowest BCUT2D eigenvalue weighted by Crippen LogP contribution is -2.32. The number of anilines is 1. The molecule has 0 fully saturated rings. The van der Waals surface area contributed by atoms with Crippen LogP contribution in [0.5, 0.6) is 5.75 Å². The van der Waals surface area contributed by atoms with E-state index in [0.29, 0.717) is 30.4 Å². The molecule has 1 aromatic carbocycles. The van der Waals surface area contributed by atoms with Crippen molar-refractivity contribution in [3.05, 3.63) is 59.4 Å². The lowest BCUT2D eigenvalue weighted by molar-refractivity contribution is -0.111. The van der Waals surface area contributed by atoms with Gasteiger partial charge in [-0.2, -0.15) is 0 Å². The van der Waals surface area contributed by atoms with Crippen LogP contribution >= 0.6 is 0 Å². The highest BCUT2D eigenvalue weighted by molar-refractivity contribution is 6.01. The van der Waals surface area contributed by atoms with E-state index >= 15 is 0 Å². The molecule has 3 heterocycles. The van der Waals surface area contributed by atoms with Crippen molar-refractivity contribution in [2.45, 2.75) is 19.3 Å². The number of likely N-dealkylation sites (N-methyl/N-ethyl adjacent to an activating group) is 1. The van der Waals surface area contributed by atoms with Crippen molar-refractivity contribution in [2.24, 2.45) is 0 Å². The number of nitrogens with zero attached hydrogens (tertiary/aromatic N) is 3. The molecule has 1 aliphatic carbocycles. The third-order valence-electron chi connectivity index (χ3n) is 6.29. The zero-order valence-corrected chi connectivity index (χ0v) is 19.9. The normalized spacial score (nSPS) is 14.0. The highest BCUT2D eigenvalue weighted by Gasteiger charge is 2.30. The molecule has 2 aromatic heterocycles. The van der Waals surface area contributed by atoms with Crippen LogP contribution in [0.25, 0.3) is 22.8 Å². The van der Waals surface area contributed by atoms with Crippen molar-refractivity contribution in [3.8, 4) is 28.5 Å². The number of rotatable bonds is 7. The van der Waals surface area contributed by atoms with Crippen molar-refractivity contribution in [3.63, 3.8) is 0 Å². The fourth-order valence-electron chi connectivity index (χ4n) is 4.52. The number of carbonyl (C=O) groups excluding carboxylic acids is 2. The Labute approximate surface area is 203 Å². The molecule has 2 amide bonds. The van der Waals surface area contributed by atoms with E-state index < -0.39 is 0 Å². The second-order valence-corrected chi connectivity index (χ2v) is 8.96. The molecule has 0 spiro atoms. The smallest absolute Gasteiger partial charge is 0.253 e. The van der Waals surface area contributed by atoms with Crippen LogP contribution in [0.3, 0.4) is 0 Å². The molecule has 35 heavy (non-hydrogen) atoms. The van der Waals surface area contributed by atoms with Gasteiger partial charge in [-0.05, 0) is 62.3 Å². The minimum absolute atomic E-state index is 0.0195. The van der Waals surface area contributed by atoms with Gasteiger partial charge < -0.3 is 25.3 Å². The van der Waals surface area contributed by atoms with Crippen LogP contribution < -0.4 is 15.4 Å². The van der Waals surface area contributed by atoms with Crippen molar-refractivity contribution < 1.29 is 14.3 Å². The molecule has 0 unspecified atom stereocenters. The summed E-state index contributed by atoms with van der Waals surface area (Å²) in [6.07, 6.45) is 5.41. The monoisotopic (exact) mass is 472 g/mol. The van der Waals surface area contributed by atoms with Gasteiger partial charge in [0.15, 0.2) is 5.82 Å². The summed E-state index contributed by atoms with van der Waals surface area (Å²) in [7, 11) is 3.94. The number of H-pyrrole nitrogens is 1. The van der Waals surface area contributed by atoms with Crippen LogP contribution in [0, 0.1) is 0 Å². The second kappa shape index (κ2) is 9.34. The Bertz CT molecular complexity index is 1330. The van der Waals surface area contributed by atoms with E-state index in [-0.39, 0.29) is 11.8 Å². The number of aromatic amines is 1. The second-order valence-electron chi connectivity index (χ2n) is 8.96. The summed E-state index contributed by atoms with van der Waals surface area (Å²) in [6.45, 7) is 5.39. The number of carbonyl (C=O) groups is 2. The van der Waals surface area contributed by atoms with E-state index in [1.54, 1.807) is 0 Å². The lowest BCUT2D eigenvalue weighted by Gasteiger charge is -2.18. The lowest BCUT2D eigenvalue weighted by atomic mass is 9.91. The number of ether oxygens (including phenoxy) is 1. The molecule has 0 bridgehead atoms. The summed E-state index contributed by atoms with van der Waals surface area (Å²) in [6, 6.07) is 5.51. The summed E-state index contributed by atoms with van der Waals surface area (Å²) in [5.74, 6) is 0.747. The number of aryl methyl sites for hydroxylation is 1. The fourth-order valence-corrected chi connectivity index (χ4v) is 4.52. The van der Waals surface area contributed by atoms with E-state index in [1.165, 1.54) is 6.08 Å². The number of hydrogen-bond acceptors (Lipinski definition) is 6. The maximum atomic E-state index is 12.5. The standard InChI is InChI=1S/C26H28N6O3/c1-4-21(33)29-19-13-15(6-8-20(19)35-12-11-32(2)3)25-28-14-16-5-7-17-22-18(9-10-27-26(22)34)30-24(17)23(16)31-25/h4,6,8,13-14,30H,1,5,7,9-12H2,2-3H3,(H,27,34)(H,29,33). The summed E-state index contributed by atoms with van der Waals surface area (Å²) in [5.41, 5.74) is 6.81. The minimum Gasteiger partial charge on any atom is -0.490 e. The van der Waals surface area contributed by atoms with Gasteiger partial charge in [0.05, 0.1) is 22.6 Å². The SMILES string of the molecule is C=CC(=O)Nc1cc(-c2ncc3c(n2)-c2[nH]c4c(c2CC3)C(=O)NCC4)ccc1OCCN(C)C. The van der Waals surface area contributed by atoms with Gasteiger partial charge in [0, 0.05) is 37.0 Å². The van der Waals surface area contributed by atoms with E-state index in [1.807, 2.05) is 43.4 Å². The Morgan fingerprint density at radius 2 is 2.14 bits per heavy atom. The Hall–Kier alpha value is -3.98. The molecular weight excluding hydrogens is 444 g/mol. The Morgan fingerprint density at radius 3 is 2.94 bits per heavy atom. The first-order valence-corrected chi connectivity index (χ1v) is 11.7. The zero-order chi connectivity index (χ0) is 24.5. The molecule has 1 aliphatic heterocycles. The zero-order valence-electron chi connectivity index (χ0n) is 19.9. The average molecular weight is 473 g/mol.